The number of nitrogens with one attached hydrogen (secondary N) is 1. The fourth-order valence-electron chi connectivity index (χ4n) is 2.41. The number of anilines is 1. The number of nitrogens with zero attached hydrogens (tertiary/aromatic N) is 1. The van der Waals surface area contributed by atoms with Gasteiger partial charge in [-0.3, -0.25) is 4.79 Å². The number of ether oxygens (including phenoxy) is 1. The molecule has 1 fully saturated rings. The molecular formula is C15H23N3O2. The minimum atomic E-state index is 0.0362. The Bertz CT molecular complexity index is 450. The molecule has 1 aromatic rings. The summed E-state index contributed by atoms with van der Waals surface area (Å²) in [5.74, 6) is 1.25. The Morgan fingerprint density at radius 3 is 3.00 bits per heavy atom. The highest BCUT2D eigenvalue weighted by Gasteiger charge is 2.19. The van der Waals surface area contributed by atoms with Crippen LogP contribution in [0.1, 0.15) is 12.8 Å². The van der Waals surface area contributed by atoms with Crippen LogP contribution in [0.15, 0.2) is 24.3 Å². The molecule has 3 N–H and O–H groups in total. The predicted octanol–water partition coefficient (Wildman–Crippen LogP) is 1.11. The molecule has 0 aliphatic carbocycles. The number of nitrogens with two attached hydrogens (primary N) is 1. The third kappa shape index (κ3) is 4.42. The quantitative estimate of drug-likeness (QED) is 0.764. The molecule has 1 aliphatic heterocycles. The summed E-state index contributed by atoms with van der Waals surface area (Å²) < 4.78 is 5.50. The maximum Gasteiger partial charge on any atom is 0.223 e. The van der Waals surface area contributed by atoms with E-state index in [2.05, 4.69) is 17.3 Å². The summed E-state index contributed by atoms with van der Waals surface area (Å²) in [6, 6.07) is 7.31. The van der Waals surface area contributed by atoms with E-state index in [0.717, 1.165) is 26.1 Å². The Labute approximate surface area is 120 Å². The van der Waals surface area contributed by atoms with E-state index < -0.39 is 0 Å². The highest BCUT2D eigenvalue weighted by atomic mass is 16.5. The zero-order valence-electron chi connectivity index (χ0n) is 12.0. The lowest BCUT2D eigenvalue weighted by Crippen LogP contribution is -2.31. The maximum absolute atomic E-state index is 11.7. The van der Waals surface area contributed by atoms with Crippen LogP contribution in [0.2, 0.25) is 0 Å². The topological polar surface area (TPSA) is 67.6 Å². The summed E-state index contributed by atoms with van der Waals surface area (Å²) in [7, 11) is 2.11. The fraction of sp³-hybridized carbons (Fsp3) is 0.533. The van der Waals surface area contributed by atoms with Crippen molar-refractivity contribution in [3.05, 3.63) is 24.3 Å². The number of benzene rings is 1. The second-order valence-electron chi connectivity index (χ2n) is 5.36. The van der Waals surface area contributed by atoms with Gasteiger partial charge in [-0.1, -0.05) is 12.1 Å². The number of carbonyl (C=O) groups is 1. The predicted molar refractivity (Wildman–Crippen MR) is 79.6 cm³/mol. The molecule has 2 rings (SSSR count). The maximum atomic E-state index is 11.7. The highest BCUT2D eigenvalue weighted by molar-refractivity contribution is 5.76. The first-order chi connectivity index (χ1) is 9.65. The Morgan fingerprint density at radius 2 is 2.30 bits per heavy atom. The lowest BCUT2D eigenvalue weighted by molar-refractivity contribution is -0.121. The van der Waals surface area contributed by atoms with Crippen molar-refractivity contribution in [3.8, 4) is 5.75 Å². The van der Waals surface area contributed by atoms with Crippen LogP contribution in [-0.4, -0.2) is 44.1 Å². The minimum Gasteiger partial charge on any atom is -0.491 e. The van der Waals surface area contributed by atoms with Crippen molar-refractivity contribution in [2.24, 2.45) is 5.92 Å². The van der Waals surface area contributed by atoms with Gasteiger partial charge in [-0.05, 0) is 38.1 Å². The van der Waals surface area contributed by atoms with E-state index in [1.54, 1.807) is 6.07 Å². The van der Waals surface area contributed by atoms with Gasteiger partial charge in [0, 0.05) is 13.1 Å². The van der Waals surface area contributed by atoms with Crippen molar-refractivity contribution in [2.45, 2.75) is 12.8 Å². The third-order valence-corrected chi connectivity index (χ3v) is 3.58. The van der Waals surface area contributed by atoms with Gasteiger partial charge < -0.3 is 20.7 Å². The highest BCUT2D eigenvalue weighted by Crippen LogP contribution is 2.19. The molecule has 1 atom stereocenters. The molecule has 1 aliphatic rings. The Kier molecular flexibility index (Phi) is 5.24. The lowest BCUT2D eigenvalue weighted by Gasteiger charge is -2.12. The third-order valence-electron chi connectivity index (χ3n) is 3.58. The summed E-state index contributed by atoms with van der Waals surface area (Å²) in [5, 5.41) is 2.97. The number of hydrogen-bond acceptors (Lipinski definition) is 4. The van der Waals surface area contributed by atoms with Crippen LogP contribution in [0.4, 0.5) is 5.69 Å². The van der Waals surface area contributed by atoms with Crippen molar-refractivity contribution in [2.75, 3.05) is 39.0 Å². The van der Waals surface area contributed by atoms with Crippen LogP contribution >= 0.6 is 0 Å². The first kappa shape index (κ1) is 14.7. The molecule has 0 radical (unpaired) electrons. The van der Waals surface area contributed by atoms with E-state index in [4.69, 9.17) is 10.5 Å². The summed E-state index contributed by atoms with van der Waals surface area (Å²) >= 11 is 0. The van der Waals surface area contributed by atoms with Crippen LogP contribution in [0, 0.1) is 5.92 Å². The number of hydrogen-bond donors (Lipinski definition) is 2. The molecule has 1 heterocycles. The van der Waals surface area contributed by atoms with Crippen molar-refractivity contribution in [3.63, 3.8) is 0 Å². The Hall–Kier alpha value is -1.75. The fourth-order valence-corrected chi connectivity index (χ4v) is 2.41. The first-order valence-electron chi connectivity index (χ1n) is 7.07. The molecule has 5 nitrogen and oxygen atoms in total. The number of likely N-dealkylation sites (tertiary alicyclic amines) is 1. The van der Waals surface area contributed by atoms with E-state index in [-0.39, 0.29) is 5.91 Å². The molecule has 20 heavy (non-hydrogen) atoms. The van der Waals surface area contributed by atoms with Gasteiger partial charge in [0.05, 0.1) is 18.7 Å². The van der Waals surface area contributed by atoms with Gasteiger partial charge in [0.15, 0.2) is 0 Å². The molecule has 0 bridgehead atoms. The molecule has 110 valence electrons. The van der Waals surface area contributed by atoms with Crippen LogP contribution in [0.25, 0.3) is 0 Å². The second-order valence-corrected chi connectivity index (χ2v) is 5.36. The summed E-state index contributed by atoms with van der Waals surface area (Å²) in [6.45, 7) is 3.30. The van der Waals surface area contributed by atoms with Gasteiger partial charge in [0.2, 0.25) is 5.91 Å². The van der Waals surface area contributed by atoms with Gasteiger partial charge in [-0.25, -0.2) is 0 Å². The van der Waals surface area contributed by atoms with Crippen LogP contribution in [-0.2, 0) is 4.79 Å². The van der Waals surface area contributed by atoms with Gasteiger partial charge in [0.25, 0.3) is 0 Å². The van der Waals surface area contributed by atoms with Crippen molar-refractivity contribution in [1.82, 2.24) is 10.2 Å². The number of amides is 1. The zero-order valence-corrected chi connectivity index (χ0v) is 12.0. The molecular weight excluding hydrogens is 254 g/mol. The molecule has 5 heteroatoms. The van der Waals surface area contributed by atoms with E-state index in [1.807, 2.05) is 18.2 Å². The van der Waals surface area contributed by atoms with Crippen molar-refractivity contribution in [1.29, 1.82) is 0 Å². The number of para-hydroxylation sites is 2. The number of carbonyl (C=O) groups excluding carboxylic acids is 1. The van der Waals surface area contributed by atoms with E-state index in [0.29, 0.717) is 30.4 Å². The summed E-state index contributed by atoms with van der Waals surface area (Å²) in [6.07, 6.45) is 1.52. The molecule has 1 unspecified atom stereocenters. The zero-order chi connectivity index (χ0) is 14.4. The van der Waals surface area contributed by atoms with Gasteiger partial charge in [0.1, 0.15) is 5.75 Å². The number of nitrogen functional groups attached to an aromatic ring is 1. The van der Waals surface area contributed by atoms with Gasteiger partial charge >= 0.3 is 0 Å². The molecule has 1 amide bonds. The van der Waals surface area contributed by atoms with Gasteiger partial charge in [-0.15, -0.1) is 0 Å². The van der Waals surface area contributed by atoms with Crippen LogP contribution < -0.4 is 15.8 Å². The summed E-state index contributed by atoms with van der Waals surface area (Å²) in [5.41, 5.74) is 6.36. The molecule has 0 aromatic heterocycles. The van der Waals surface area contributed by atoms with E-state index in [9.17, 15) is 4.79 Å². The summed E-state index contributed by atoms with van der Waals surface area (Å²) in [4.78, 5) is 14.0. The molecule has 1 aromatic carbocycles. The van der Waals surface area contributed by atoms with E-state index in [1.165, 1.54) is 0 Å². The van der Waals surface area contributed by atoms with Crippen molar-refractivity contribution >= 4 is 11.6 Å². The van der Waals surface area contributed by atoms with Crippen LogP contribution in [0.3, 0.4) is 0 Å². The lowest BCUT2D eigenvalue weighted by atomic mass is 10.1. The molecule has 0 saturated carbocycles. The normalized spacial score (nSPS) is 18.9. The minimum absolute atomic E-state index is 0.0362. The van der Waals surface area contributed by atoms with Crippen LogP contribution in [0.5, 0.6) is 5.75 Å². The Balaban J connectivity index is 1.62. The molecule has 1 saturated heterocycles. The number of rotatable bonds is 6. The largest absolute Gasteiger partial charge is 0.491 e. The average molecular weight is 277 g/mol. The molecule has 0 spiro atoms. The second kappa shape index (κ2) is 7.14. The standard InChI is InChI=1S/C15H23N3O2/c1-18-8-6-12(11-18)10-17-15(19)7-9-20-14-5-3-2-4-13(14)16/h2-5,12H,6-11,16H2,1H3,(H,17,19). The Morgan fingerprint density at radius 1 is 1.50 bits per heavy atom. The smallest absolute Gasteiger partial charge is 0.223 e. The van der Waals surface area contributed by atoms with Crippen molar-refractivity contribution < 1.29 is 9.53 Å². The van der Waals surface area contributed by atoms with Gasteiger partial charge in [-0.2, -0.15) is 0 Å². The average Bonchev–Trinajstić information content (AvgIpc) is 2.84. The first-order valence-corrected chi connectivity index (χ1v) is 7.07. The SMILES string of the molecule is CN1CCC(CNC(=O)CCOc2ccccc2N)C1. The van der Waals surface area contributed by atoms with E-state index >= 15 is 0 Å². The monoisotopic (exact) mass is 277 g/mol.